The molecule has 1 unspecified atom stereocenters. The van der Waals surface area contributed by atoms with Gasteiger partial charge in [0.25, 0.3) is 0 Å². The molecule has 4 heterocycles. The monoisotopic (exact) mass is 467 g/mol. The zero-order valence-corrected chi connectivity index (χ0v) is 20.0. The molecule has 1 amide bonds. The lowest BCUT2D eigenvalue weighted by Crippen LogP contribution is -2.52. The van der Waals surface area contributed by atoms with Crippen molar-refractivity contribution < 1.29 is 13.9 Å². The third-order valence-electron chi connectivity index (χ3n) is 7.60. The van der Waals surface area contributed by atoms with E-state index in [1.165, 1.54) is 6.07 Å². The molecule has 1 aromatic heterocycles. The number of hydrogen-bond acceptors (Lipinski definition) is 6. The fraction of sp³-hybridized carbons (Fsp3) is 0.577. The van der Waals surface area contributed by atoms with Crippen LogP contribution in [-0.4, -0.2) is 58.7 Å². The number of carbonyl (C=O) groups excluding carboxylic acids is 1. The van der Waals surface area contributed by atoms with Crippen molar-refractivity contribution in [2.75, 3.05) is 25.1 Å². The molecule has 182 valence electrons. The molecular weight excluding hydrogens is 433 g/mol. The lowest BCUT2D eigenvalue weighted by molar-refractivity contribution is -0.140. The maximum atomic E-state index is 14.0. The van der Waals surface area contributed by atoms with Crippen LogP contribution in [-0.2, 0) is 22.5 Å². The summed E-state index contributed by atoms with van der Waals surface area (Å²) in [4.78, 5) is 25.2. The molecule has 3 aliphatic rings. The van der Waals surface area contributed by atoms with Crippen LogP contribution in [0.15, 0.2) is 30.5 Å². The quantitative estimate of drug-likeness (QED) is 0.719. The number of benzene rings is 1. The second-order valence-electron chi connectivity index (χ2n) is 9.93. The third kappa shape index (κ3) is 4.79. The molecule has 2 saturated heterocycles. The van der Waals surface area contributed by atoms with E-state index < -0.39 is 0 Å². The van der Waals surface area contributed by atoms with Crippen molar-refractivity contribution >= 4 is 11.9 Å². The van der Waals surface area contributed by atoms with E-state index in [1.54, 1.807) is 12.1 Å². The number of ether oxygens (including phenoxy) is 1. The van der Waals surface area contributed by atoms with Gasteiger partial charge < -0.3 is 20.3 Å². The predicted octanol–water partition coefficient (Wildman–Crippen LogP) is 3.26. The normalized spacial score (nSPS) is 27.8. The van der Waals surface area contributed by atoms with Gasteiger partial charge in [0.1, 0.15) is 5.82 Å². The first kappa shape index (κ1) is 23.2. The van der Waals surface area contributed by atoms with E-state index in [-0.39, 0.29) is 35.6 Å². The molecule has 5 rings (SSSR count). The minimum atomic E-state index is -0.261. The minimum absolute atomic E-state index is 0.0660. The summed E-state index contributed by atoms with van der Waals surface area (Å²) in [5.74, 6) is 0.243. The molecule has 1 aromatic carbocycles. The Morgan fingerprint density at radius 1 is 1.24 bits per heavy atom. The molecule has 34 heavy (non-hydrogen) atoms. The number of nitrogens with zero attached hydrogens (tertiary/aromatic N) is 3. The molecule has 0 aliphatic carbocycles. The highest BCUT2D eigenvalue weighted by Gasteiger charge is 2.41. The number of aromatic nitrogens is 2. The topological polar surface area (TPSA) is 79.4 Å². The first-order valence-electron chi connectivity index (χ1n) is 12.5. The molecule has 7 nitrogen and oxygen atoms in total. The average molecular weight is 468 g/mol. The highest BCUT2D eigenvalue weighted by atomic mass is 19.1. The number of amides is 1. The number of carbonyl (C=O) groups is 1. The Kier molecular flexibility index (Phi) is 6.79. The second-order valence-corrected chi connectivity index (χ2v) is 9.93. The fourth-order valence-electron chi connectivity index (χ4n) is 5.73. The Labute approximate surface area is 200 Å². The summed E-state index contributed by atoms with van der Waals surface area (Å²) < 4.78 is 19.5. The summed E-state index contributed by atoms with van der Waals surface area (Å²) in [5, 5.41) is 6.92. The largest absolute Gasteiger partial charge is 0.381 e. The molecule has 4 atom stereocenters. The highest BCUT2D eigenvalue weighted by molar-refractivity contribution is 5.81. The standard InChI is InChI=1S/C26H34FN5O2/c1-16-12-19-14-29-26(30-21-7-10-34-11-8-21)31-23(19)15-32(16)25(33)22-6-9-28-17(2)24(22)18-4-3-5-20(27)13-18/h3-5,13-14,16-17,21-22,24,28H,6-12,15H2,1-2H3,(H,29,30,31)/t16-,17?,22-,24+/m1/s1. The van der Waals surface area contributed by atoms with Gasteiger partial charge in [0.2, 0.25) is 11.9 Å². The van der Waals surface area contributed by atoms with Gasteiger partial charge in [-0.1, -0.05) is 12.1 Å². The molecule has 0 radical (unpaired) electrons. The van der Waals surface area contributed by atoms with Crippen LogP contribution in [0.2, 0.25) is 0 Å². The molecule has 3 aliphatic heterocycles. The van der Waals surface area contributed by atoms with Crippen molar-refractivity contribution in [3.8, 4) is 0 Å². The lowest BCUT2D eigenvalue weighted by Gasteiger charge is -2.42. The zero-order chi connectivity index (χ0) is 23.7. The predicted molar refractivity (Wildman–Crippen MR) is 128 cm³/mol. The minimum Gasteiger partial charge on any atom is -0.381 e. The van der Waals surface area contributed by atoms with Crippen LogP contribution in [0.25, 0.3) is 0 Å². The van der Waals surface area contributed by atoms with Crippen molar-refractivity contribution in [1.82, 2.24) is 20.2 Å². The summed E-state index contributed by atoms with van der Waals surface area (Å²) >= 11 is 0. The highest BCUT2D eigenvalue weighted by Crippen LogP contribution is 2.36. The van der Waals surface area contributed by atoms with Gasteiger partial charge in [-0.25, -0.2) is 14.4 Å². The Hall–Kier alpha value is -2.58. The molecule has 0 saturated carbocycles. The first-order valence-corrected chi connectivity index (χ1v) is 12.5. The van der Waals surface area contributed by atoms with Gasteiger partial charge in [-0.05, 0) is 69.3 Å². The zero-order valence-electron chi connectivity index (χ0n) is 20.0. The van der Waals surface area contributed by atoms with Crippen molar-refractivity contribution in [3.63, 3.8) is 0 Å². The van der Waals surface area contributed by atoms with E-state index in [4.69, 9.17) is 9.72 Å². The van der Waals surface area contributed by atoms with Gasteiger partial charge in [-0.15, -0.1) is 0 Å². The van der Waals surface area contributed by atoms with Gasteiger partial charge in [-0.3, -0.25) is 4.79 Å². The van der Waals surface area contributed by atoms with Gasteiger partial charge in [-0.2, -0.15) is 0 Å². The van der Waals surface area contributed by atoms with Crippen LogP contribution in [0.4, 0.5) is 10.3 Å². The van der Waals surface area contributed by atoms with Gasteiger partial charge in [0.05, 0.1) is 12.2 Å². The maximum absolute atomic E-state index is 14.0. The Morgan fingerprint density at radius 3 is 2.85 bits per heavy atom. The van der Waals surface area contributed by atoms with E-state index >= 15 is 0 Å². The Morgan fingerprint density at radius 2 is 2.06 bits per heavy atom. The summed E-state index contributed by atoms with van der Waals surface area (Å²) in [6, 6.07) is 7.17. The van der Waals surface area contributed by atoms with E-state index in [9.17, 15) is 9.18 Å². The van der Waals surface area contributed by atoms with E-state index in [0.29, 0.717) is 18.5 Å². The molecular formula is C26H34FN5O2. The van der Waals surface area contributed by atoms with Crippen LogP contribution < -0.4 is 10.6 Å². The average Bonchev–Trinajstić information content (AvgIpc) is 2.84. The van der Waals surface area contributed by atoms with Crippen LogP contribution in [0, 0.1) is 11.7 Å². The summed E-state index contributed by atoms with van der Waals surface area (Å²) in [6.45, 7) is 6.95. The van der Waals surface area contributed by atoms with Crippen molar-refractivity contribution in [2.45, 2.75) is 70.1 Å². The number of piperidine rings is 1. The van der Waals surface area contributed by atoms with Gasteiger partial charge in [0.15, 0.2) is 0 Å². The van der Waals surface area contributed by atoms with Crippen LogP contribution in [0.1, 0.15) is 55.8 Å². The third-order valence-corrected chi connectivity index (χ3v) is 7.60. The number of rotatable bonds is 4. The maximum Gasteiger partial charge on any atom is 0.227 e. The Bertz CT molecular complexity index is 1030. The smallest absolute Gasteiger partial charge is 0.227 e. The molecule has 2 aromatic rings. The van der Waals surface area contributed by atoms with Crippen molar-refractivity contribution in [2.24, 2.45) is 5.92 Å². The van der Waals surface area contributed by atoms with Crippen molar-refractivity contribution in [1.29, 1.82) is 0 Å². The van der Waals surface area contributed by atoms with Crippen molar-refractivity contribution in [3.05, 3.63) is 53.1 Å². The number of anilines is 1. The molecule has 0 bridgehead atoms. The van der Waals surface area contributed by atoms with Gasteiger partial charge >= 0.3 is 0 Å². The van der Waals surface area contributed by atoms with Crippen LogP contribution in [0.3, 0.4) is 0 Å². The van der Waals surface area contributed by atoms with E-state index in [1.807, 2.05) is 17.2 Å². The molecule has 0 spiro atoms. The number of hydrogen-bond donors (Lipinski definition) is 2. The summed E-state index contributed by atoms with van der Waals surface area (Å²) in [6.07, 6.45) is 5.27. The number of nitrogens with one attached hydrogen (secondary N) is 2. The lowest BCUT2D eigenvalue weighted by atomic mass is 9.75. The summed E-state index contributed by atoms with van der Waals surface area (Å²) in [7, 11) is 0. The summed E-state index contributed by atoms with van der Waals surface area (Å²) in [5.41, 5.74) is 2.91. The van der Waals surface area contributed by atoms with E-state index in [0.717, 1.165) is 62.3 Å². The second kappa shape index (κ2) is 9.96. The van der Waals surface area contributed by atoms with Gasteiger partial charge in [0, 0.05) is 49.4 Å². The van der Waals surface area contributed by atoms with Crippen LogP contribution >= 0.6 is 0 Å². The van der Waals surface area contributed by atoms with Crippen LogP contribution in [0.5, 0.6) is 0 Å². The number of halogens is 1. The number of fused-ring (bicyclic) bond motifs is 1. The fourth-order valence-corrected chi connectivity index (χ4v) is 5.73. The molecule has 8 heteroatoms. The Balaban J connectivity index is 1.36. The molecule has 2 fully saturated rings. The molecule has 2 N–H and O–H groups in total. The SMILES string of the molecule is CC1NCC[C@@H](C(=O)N2Cc3nc(NC4CCOCC4)ncc3C[C@H]2C)[C@@H]1c1cccc(F)c1. The first-order chi connectivity index (χ1) is 16.5. The van der Waals surface area contributed by atoms with E-state index in [2.05, 4.69) is 29.5 Å².